The van der Waals surface area contributed by atoms with Crippen LogP contribution in [0.25, 0.3) is 11.5 Å². The van der Waals surface area contributed by atoms with Crippen LogP contribution >= 0.6 is 0 Å². The zero-order valence-corrected chi connectivity index (χ0v) is 15.5. The van der Waals surface area contributed by atoms with Crippen molar-refractivity contribution in [3.63, 3.8) is 0 Å². The fraction of sp³-hybridized carbons (Fsp3) is 0.421. The van der Waals surface area contributed by atoms with Crippen molar-refractivity contribution in [1.29, 1.82) is 0 Å². The number of rotatable bonds is 4. The smallest absolute Gasteiger partial charge is 0.274 e. The van der Waals surface area contributed by atoms with Crippen molar-refractivity contribution < 1.29 is 14.3 Å². The molecule has 0 radical (unpaired) electrons. The minimum Gasteiger partial charge on any atom is -0.460 e. The Bertz CT molecular complexity index is 954. The predicted molar refractivity (Wildman–Crippen MR) is 97.9 cm³/mol. The van der Waals surface area contributed by atoms with Gasteiger partial charge in [0.2, 0.25) is 0 Å². The molecule has 0 aliphatic carbocycles. The first kappa shape index (κ1) is 17.5. The molecule has 0 spiro atoms. The maximum atomic E-state index is 12.9. The molecule has 27 heavy (non-hydrogen) atoms. The molecule has 1 atom stereocenters. The molecule has 0 saturated carbocycles. The second kappa shape index (κ2) is 7.03. The first-order valence-corrected chi connectivity index (χ1v) is 9.21. The highest BCUT2D eigenvalue weighted by molar-refractivity contribution is 5.93. The van der Waals surface area contributed by atoms with Crippen LogP contribution in [0.15, 0.2) is 28.7 Å². The van der Waals surface area contributed by atoms with E-state index in [1.54, 1.807) is 11.0 Å². The van der Waals surface area contributed by atoms with Crippen molar-refractivity contribution in [2.45, 2.75) is 45.9 Å². The van der Waals surface area contributed by atoms with Gasteiger partial charge in [0.1, 0.15) is 11.5 Å². The van der Waals surface area contributed by atoms with E-state index >= 15 is 0 Å². The topological polar surface area (TPSA) is 100 Å². The lowest BCUT2D eigenvalue weighted by molar-refractivity contribution is 0.0739. The number of hydrogen-bond acceptors (Lipinski definition) is 5. The number of aliphatic hydroxyl groups is 1. The number of aliphatic hydroxyl groups excluding tert-OH is 1. The summed E-state index contributed by atoms with van der Waals surface area (Å²) in [5, 5.41) is 21.6. The average Bonchev–Trinajstić information content (AvgIpc) is 3.38. The Labute approximate surface area is 156 Å². The molecule has 3 aromatic rings. The van der Waals surface area contributed by atoms with E-state index in [0.717, 1.165) is 24.4 Å². The lowest BCUT2D eigenvalue weighted by atomic mass is 10.2. The predicted octanol–water partition coefficient (Wildman–Crippen LogP) is 2.66. The van der Waals surface area contributed by atoms with Crippen LogP contribution in [0.2, 0.25) is 0 Å². The number of aromatic amines is 1. The van der Waals surface area contributed by atoms with E-state index in [1.165, 1.54) is 0 Å². The number of nitrogens with one attached hydrogen (secondary N) is 1. The van der Waals surface area contributed by atoms with Gasteiger partial charge in [-0.25, -0.2) is 0 Å². The molecular formula is C19H23N5O3. The highest BCUT2D eigenvalue weighted by Crippen LogP contribution is 2.23. The number of hydrogen-bond donors (Lipinski definition) is 2. The lowest BCUT2D eigenvalue weighted by Crippen LogP contribution is -2.31. The zero-order valence-electron chi connectivity index (χ0n) is 15.5. The van der Waals surface area contributed by atoms with E-state index in [9.17, 15) is 9.90 Å². The van der Waals surface area contributed by atoms with Gasteiger partial charge in [-0.3, -0.25) is 14.6 Å². The average molecular weight is 369 g/mol. The van der Waals surface area contributed by atoms with Crippen molar-refractivity contribution >= 4 is 5.91 Å². The molecule has 8 heteroatoms. The van der Waals surface area contributed by atoms with Gasteiger partial charge in [-0.05, 0) is 38.0 Å². The molecule has 1 aliphatic rings. The van der Waals surface area contributed by atoms with Crippen molar-refractivity contribution in [2.75, 3.05) is 6.54 Å². The van der Waals surface area contributed by atoms with Crippen LogP contribution in [-0.4, -0.2) is 42.4 Å². The minimum atomic E-state index is -0.570. The van der Waals surface area contributed by atoms with Gasteiger partial charge in [-0.2, -0.15) is 10.2 Å². The monoisotopic (exact) mass is 369 g/mol. The van der Waals surface area contributed by atoms with Gasteiger partial charge in [0.05, 0.1) is 24.0 Å². The number of fused-ring (bicyclic) bond motifs is 1. The number of aromatic nitrogens is 4. The quantitative estimate of drug-likeness (QED) is 0.736. The Morgan fingerprint density at radius 1 is 1.37 bits per heavy atom. The summed E-state index contributed by atoms with van der Waals surface area (Å²) in [5.74, 6) is 1.33. The Balaban J connectivity index is 1.54. The molecule has 0 aromatic carbocycles. The van der Waals surface area contributed by atoms with Gasteiger partial charge in [0.25, 0.3) is 5.91 Å². The molecule has 3 aromatic heterocycles. The summed E-state index contributed by atoms with van der Waals surface area (Å²) in [6.07, 6.45) is 0.845. The number of H-pyrrole nitrogens is 1. The molecule has 142 valence electrons. The Hall–Kier alpha value is -2.87. The summed E-state index contributed by atoms with van der Waals surface area (Å²) in [4.78, 5) is 14.7. The van der Waals surface area contributed by atoms with E-state index < -0.39 is 6.10 Å². The van der Waals surface area contributed by atoms with E-state index in [4.69, 9.17) is 4.42 Å². The van der Waals surface area contributed by atoms with Gasteiger partial charge >= 0.3 is 0 Å². The molecule has 1 amide bonds. The van der Waals surface area contributed by atoms with Crippen LogP contribution in [0.1, 0.15) is 53.5 Å². The summed E-state index contributed by atoms with van der Waals surface area (Å²) in [5.41, 5.74) is 2.64. The molecule has 0 unspecified atom stereocenters. The van der Waals surface area contributed by atoms with E-state index in [-0.39, 0.29) is 5.91 Å². The highest BCUT2D eigenvalue weighted by Gasteiger charge is 2.25. The second-order valence-electron chi connectivity index (χ2n) is 6.87. The van der Waals surface area contributed by atoms with Crippen LogP contribution in [0.4, 0.5) is 0 Å². The molecule has 0 fully saturated rings. The normalized spacial score (nSPS) is 15.4. The van der Waals surface area contributed by atoms with Crippen molar-refractivity contribution in [1.82, 2.24) is 24.9 Å². The van der Waals surface area contributed by atoms with E-state index in [1.807, 2.05) is 36.7 Å². The fourth-order valence-corrected chi connectivity index (χ4v) is 3.33. The molecule has 0 bridgehead atoms. The third-order valence-corrected chi connectivity index (χ3v) is 4.85. The number of aryl methyl sites for hydroxylation is 2. The van der Waals surface area contributed by atoms with Gasteiger partial charge in [0.15, 0.2) is 11.5 Å². The van der Waals surface area contributed by atoms with E-state index in [0.29, 0.717) is 42.4 Å². The number of carbonyl (C=O) groups excluding carboxylic acids is 1. The summed E-state index contributed by atoms with van der Waals surface area (Å²) < 4.78 is 7.47. The van der Waals surface area contributed by atoms with Crippen molar-refractivity contribution in [3.8, 4) is 11.5 Å². The van der Waals surface area contributed by atoms with E-state index in [2.05, 4.69) is 15.3 Å². The van der Waals surface area contributed by atoms with Gasteiger partial charge in [-0.15, -0.1) is 0 Å². The minimum absolute atomic E-state index is 0.131. The van der Waals surface area contributed by atoms with Crippen LogP contribution in [0.3, 0.4) is 0 Å². The molecular weight excluding hydrogens is 346 g/mol. The number of carbonyl (C=O) groups is 1. The van der Waals surface area contributed by atoms with Crippen LogP contribution in [-0.2, 0) is 13.1 Å². The zero-order chi connectivity index (χ0) is 19.0. The lowest BCUT2D eigenvalue weighted by Gasteiger charge is -2.18. The van der Waals surface area contributed by atoms with Crippen LogP contribution in [0, 0.1) is 6.92 Å². The van der Waals surface area contributed by atoms with Crippen LogP contribution in [0.5, 0.6) is 0 Å². The summed E-state index contributed by atoms with van der Waals surface area (Å²) in [6, 6.07) is 7.33. The van der Waals surface area contributed by atoms with Crippen molar-refractivity contribution in [2.24, 2.45) is 0 Å². The van der Waals surface area contributed by atoms with Gasteiger partial charge in [-0.1, -0.05) is 6.92 Å². The van der Waals surface area contributed by atoms with Gasteiger partial charge in [0, 0.05) is 19.2 Å². The first-order chi connectivity index (χ1) is 13.0. The standard InChI is InChI=1S/C19H23N5O3/c1-3-17(25)14-9-13-11-23(7-4-8-24(13)22-14)19(26)16-10-15(20-21-16)18-6-5-12(2)27-18/h5-6,9-10,17,25H,3-4,7-8,11H2,1-2H3,(H,20,21)/t17-/m0/s1. The SMILES string of the molecule is CC[C@H](O)c1cc2n(n1)CCCN(C(=O)c1cc(-c3ccc(C)o3)[nH]n1)C2. The highest BCUT2D eigenvalue weighted by atomic mass is 16.3. The second-order valence-corrected chi connectivity index (χ2v) is 6.87. The first-order valence-electron chi connectivity index (χ1n) is 9.21. The van der Waals surface area contributed by atoms with Gasteiger partial charge < -0.3 is 14.4 Å². The fourth-order valence-electron chi connectivity index (χ4n) is 3.33. The molecule has 2 N–H and O–H groups in total. The van der Waals surface area contributed by atoms with Crippen LogP contribution < -0.4 is 0 Å². The Kier molecular flexibility index (Phi) is 4.57. The molecule has 1 aliphatic heterocycles. The number of nitrogens with zero attached hydrogens (tertiary/aromatic N) is 4. The summed E-state index contributed by atoms with van der Waals surface area (Å²) in [7, 11) is 0. The summed E-state index contributed by atoms with van der Waals surface area (Å²) >= 11 is 0. The largest absolute Gasteiger partial charge is 0.460 e. The maximum absolute atomic E-state index is 12.9. The summed E-state index contributed by atoms with van der Waals surface area (Å²) in [6.45, 7) is 5.60. The van der Waals surface area contributed by atoms with Crippen molar-refractivity contribution in [3.05, 3.63) is 47.1 Å². The number of amides is 1. The molecule has 8 nitrogen and oxygen atoms in total. The Morgan fingerprint density at radius 3 is 2.96 bits per heavy atom. The third-order valence-electron chi connectivity index (χ3n) is 4.85. The molecule has 4 rings (SSSR count). The molecule has 4 heterocycles. The molecule has 0 saturated heterocycles. The maximum Gasteiger partial charge on any atom is 0.274 e. The third kappa shape index (κ3) is 3.40. The number of furan rings is 1. The Morgan fingerprint density at radius 2 is 2.22 bits per heavy atom.